The van der Waals surface area contributed by atoms with Crippen molar-refractivity contribution >= 4 is 47.3 Å². The molecule has 1 aliphatic heterocycles. The number of hydrogen-bond donors (Lipinski definition) is 3. The number of carbonyl (C=O) groups excluding carboxylic acids is 3. The van der Waals surface area contributed by atoms with Crippen LogP contribution in [0.3, 0.4) is 0 Å². The number of benzene rings is 3. The summed E-state index contributed by atoms with van der Waals surface area (Å²) in [6.45, 7) is 7.27. The standard InChI is InChI=1S/C34H34Cl2N4O7/c1-5-7-23-14-21(9-12-27(23)46-18-22-8-11-25(35)26(36)15-22)17-37-40-30(41)19-47-28-13-10-24(16-29(28)44-4)32-31(33(42)45-6-2)20(3)38-34(43)39-32/h5,8-17,32H,1,6-7,18-19H2,2-4H3,(H,40,41)(H2,38,39,43)/b37-17-/t32-/m1/s1. The third kappa shape index (κ3) is 9.27. The number of urea groups is 1. The van der Waals surface area contributed by atoms with Crippen molar-refractivity contribution in [1.29, 1.82) is 0 Å². The number of esters is 1. The van der Waals surface area contributed by atoms with E-state index in [4.69, 9.17) is 42.1 Å². The molecule has 246 valence electrons. The Morgan fingerprint density at radius 1 is 1.02 bits per heavy atom. The summed E-state index contributed by atoms with van der Waals surface area (Å²) in [7, 11) is 1.44. The summed E-state index contributed by atoms with van der Waals surface area (Å²) >= 11 is 12.1. The predicted molar refractivity (Wildman–Crippen MR) is 179 cm³/mol. The minimum atomic E-state index is -0.779. The molecule has 0 unspecified atom stereocenters. The van der Waals surface area contributed by atoms with Crippen molar-refractivity contribution in [3.63, 3.8) is 0 Å². The molecule has 0 spiro atoms. The molecule has 0 saturated carbocycles. The molecule has 3 aromatic rings. The first-order chi connectivity index (χ1) is 22.6. The second-order valence-corrected chi connectivity index (χ2v) is 11.0. The summed E-state index contributed by atoms with van der Waals surface area (Å²) in [6.07, 6.45) is 3.83. The molecule has 0 saturated heterocycles. The summed E-state index contributed by atoms with van der Waals surface area (Å²) in [5, 5.41) is 10.3. The molecule has 4 rings (SSSR count). The third-order valence-electron chi connectivity index (χ3n) is 6.87. The predicted octanol–water partition coefficient (Wildman–Crippen LogP) is 6.03. The number of nitrogens with zero attached hydrogens (tertiary/aromatic N) is 1. The van der Waals surface area contributed by atoms with Crippen LogP contribution in [0.4, 0.5) is 4.79 Å². The first-order valence-corrected chi connectivity index (χ1v) is 15.3. The van der Waals surface area contributed by atoms with Crippen molar-refractivity contribution in [1.82, 2.24) is 16.1 Å². The fourth-order valence-electron chi connectivity index (χ4n) is 4.69. The van der Waals surface area contributed by atoms with Crippen molar-refractivity contribution in [3.05, 3.63) is 111 Å². The minimum Gasteiger partial charge on any atom is -0.493 e. The van der Waals surface area contributed by atoms with Crippen LogP contribution in [0.25, 0.3) is 0 Å². The van der Waals surface area contributed by atoms with E-state index in [1.807, 2.05) is 24.3 Å². The normalized spacial score (nSPS) is 14.2. The van der Waals surface area contributed by atoms with Crippen LogP contribution in [0.2, 0.25) is 10.0 Å². The fourth-order valence-corrected chi connectivity index (χ4v) is 5.01. The number of hydrazone groups is 1. The zero-order valence-electron chi connectivity index (χ0n) is 26.0. The Morgan fingerprint density at radius 2 is 1.81 bits per heavy atom. The number of amides is 3. The summed E-state index contributed by atoms with van der Waals surface area (Å²) in [5.74, 6) is 0.189. The van der Waals surface area contributed by atoms with E-state index in [1.165, 1.54) is 13.3 Å². The molecule has 3 N–H and O–H groups in total. The lowest BCUT2D eigenvalue weighted by Crippen LogP contribution is -2.45. The van der Waals surface area contributed by atoms with Gasteiger partial charge >= 0.3 is 12.0 Å². The van der Waals surface area contributed by atoms with Crippen LogP contribution in [0.5, 0.6) is 17.2 Å². The maximum absolute atomic E-state index is 12.6. The highest BCUT2D eigenvalue weighted by molar-refractivity contribution is 6.42. The molecule has 47 heavy (non-hydrogen) atoms. The van der Waals surface area contributed by atoms with E-state index in [-0.39, 0.29) is 24.5 Å². The highest BCUT2D eigenvalue weighted by atomic mass is 35.5. The molecule has 3 aromatic carbocycles. The molecule has 1 atom stereocenters. The second-order valence-electron chi connectivity index (χ2n) is 10.2. The molecular formula is C34H34Cl2N4O7. The molecule has 0 fully saturated rings. The monoisotopic (exact) mass is 680 g/mol. The van der Waals surface area contributed by atoms with Gasteiger partial charge in [-0.2, -0.15) is 5.10 Å². The number of hydrogen-bond acceptors (Lipinski definition) is 8. The molecule has 13 heteroatoms. The Bertz CT molecular complexity index is 1720. The number of halogens is 2. The lowest BCUT2D eigenvalue weighted by Gasteiger charge is -2.28. The average molecular weight is 682 g/mol. The highest BCUT2D eigenvalue weighted by Gasteiger charge is 2.32. The zero-order valence-corrected chi connectivity index (χ0v) is 27.5. The van der Waals surface area contributed by atoms with Crippen molar-refractivity contribution in [2.45, 2.75) is 32.9 Å². The Hall–Kier alpha value is -5.00. The van der Waals surface area contributed by atoms with Gasteiger partial charge in [0.2, 0.25) is 0 Å². The smallest absolute Gasteiger partial charge is 0.338 e. The van der Waals surface area contributed by atoms with Gasteiger partial charge in [-0.1, -0.05) is 41.4 Å². The summed E-state index contributed by atoms with van der Waals surface area (Å²) in [6, 6.07) is 14.5. The Balaban J connectivity index is 1.36. The van der Waals surface area contributed by atoms with Crippen LogP contribution in [0.1, 0.15) is 42.1 Å². The van der Waals surface area contributed by atoms with E-state index in [0.29, 0.717) is 45.8 Å². The van der Waals surface area contributed by atoms with Crippen LogP contribution < -0.4 is 30.3 Å². The molecule has 0 aromatic heterocycles. The quantitative estimate of drug-likeness (QED) is 0.0819. The molecule has 0 bridgehead atoms. The first-order valence-electron chi connectivity index (χ1n) is 14.5. The zero-order chi connectivity index (χ0) is 33.9. The molecule has 11 nitrogen and oxygen atoms in total. The summed E-state index contributed by atoms with van der Waals surface area (Å²) < 4.78 is 22.3. The molecule has 3 amide bonds. The van der Waals surface area contributed by atoms with Crippen molar-refractivity contribution in [2.24, 2.45) is 5.10 Å². The van der Waals surface area contributed by atoms with Crippen LogP contribution >= 0.6 is 23.2 Å². The molecule has 1 heterocycles. The number of rotatable bonds is 14. The van der Waals surface area contributed by atoms with E-state index in [2.05, 4.69) is 27.7 Å². The minimum absolute atomic E-state index is 0.179. The molecule has 0 radical (unpaired) electrons. The highest BCUT2D eigenvalue weighted by Crippen LogP contribution is 2.34. The van der Waals surface area contributed by atoms with Crippen LogP contribution in [0.15, 0.2) is 83.6 Å². The molecule has 0 aliphatic carbocycles. The van der Waals surface area contributed by atoms with E-state index < -0.39 is 23.9 Å². The van der Waals surface area contributed by atoms with Crippen molar-refractivity contribution in [2.75, 3.05) is 20.3 Å². The van der Waals surface area contributed by atoms with Crippen LogP contribution in [0, 0.1) is 0 Å². The number of methoxy groups -OCH3 is 1. The van der Waals surface area contributed by atoms with Crippen molar-refractivity contribution < 1.29 is 33.3 Å². The van der Waals surface area contributed by atoms with Crippen molar-refractivity contribution in [3.8, 4) is 17.2 Å². The van der Waals surface area contributed by atoms with E-state index in [0.717, 1.165) is 16.7 Å². The SMILES string of the molecule is C=CCc1cc(/C=N\NC(=O)COc2ccc([C@H]3NC(=O)NC(C)=C3C(=O)OCC)cc2OC)ccc1OCc1ccc(Cl)c(Cl)c1. The van der Waals surface area contributed by atoms with Gasteiger partial charge in [-0.3, -0.25) is 4.79 Å². The van der Waals surface area contributed by atoms with Gasteiger partial charge in [0.25, 0.3) is 5.91 Å². The van der Waals surface area contributed by atoms with Crippen LogP contribution in [-0.4, -0.2) is 44.4 Å². The van der Waals surface area contributed by atoms with Gasteiger partial charge < -0.3 is 29.6 Å². The number of ether oxygens (including phenoxy) is 4. The number of allylic oxidation sites excluding steroid dienone is 2. The fraction of sp³-hybridized carbons (Fsp3) is 0.235. The summed E-state index contributed by atoms with van der Waals surface area (Å²) in [5.41, 5.74) is 6.15. The van der Waals surface area contributed by atoms with E-state index >= 15 is 0 Å². The van der Waals surface area contributed by atoms with Crippen LogP contribution in [-0.2, 0) is 27.4 Å². The maximum atomic E-state index is 12.6. The van der Waals surface area contributed by atoms with Gasteiger partial charge in [0.05, 0.1) is 41.6 Å². The number of carbonyl (C=O) groups is 3. The Morgan fingerprint density at radius 3 is 2.53 bits per heavy atom. The second kappa shape index (κ2) is 16.5. The lowest BCUT2D eigenvalue weighted by atomic mass is 9.95. The largest absolute Gasteiger partial charge is 0.493 e. The number of nitrogens with one attached hydrogen (secondary N) is 3. The van der Waals surface area contributed by atoms with Gasteiger partial charge in [-0.15, -0.1) is 6.58 Å². The Labute approximate surface area is 282 Å². The van der Waals surface area contributed by atoms with Gasteiger partial charge in [0.1, 0.15) is 12.4 Å². The molecule has 1 aliphatic rings. The third-order valence-corrected chi connectivity index (χ3v) is 7.61. The van der Waals surface area contributed by atoms with Gasteiger partial charge in [0.15, 0.2) is 18.1 Å². The van der Waals surface area contributed by atoms with E-state index in [9.17, 15) is 14.4 Å². The van der Waals surface area contributed by atoms with Gasteiger partial charge in [0, 0.05) is 5.70 Å². The first kappa shape index (κ1) is 34.9. The summed E-state index contributed by atoms with van der Waals surface area (Å²) in [4.78, 5) is 37.3. The van der Waals surface area contributed by atoms with Gasteiger partial charge in [-0.25, -0.2) is 15.0 Å². The maximum Gasteiger partial charge on any atom is 0.338 e. The van der Waals surface area contributed by atoms with Gasteiger partial charge in [-0.05, 0) is 85.0 Å². The average Bonchev–Trinajstić information content (AvgIpc) is 3.04. The van der Waals surface area contributed by atoms with E-state index in [1.54, 1.807) is 50.3 Å². The molecular weight excluding hydrogens is 647 g/mol. The lowest BCUT2D eigenvalue weighted by molar-refractivity contribution is -0.139. The topological polar surface area (TPSA) is 137 Å². The Kier molecular flexibility index (Phi) is 12.3.